The first-order chi connectivity index (χ1) is 16.1. The number of hydrogen-bond donors (Lipinski definition) is 1. The van der Waals surface area contributed by atoms with Gasteiger partial charge in [-0.25, -0.2) is 4.98 Å². The molecule has 0 spiro atoms. The quantitative estimate of drug-likeness (QED) is 0.277. The number of fused-ring (bicyclic) bond motifs is 1. The van der Waals surface area contributed by atoms with Crippen LogP contribution >= 0.6 is 0 Å². The molecule has 2 radical (unpaired) electrons. The summed E-state index contributed by atoms with van der Waals surface area (Å²) in [5.41, 5.74) is 6.67. The molecule has 1 N–H and O–H groups in total. The molecule has 0 aliphatic carbocycles. The maximum absolute atomic E-state index is 12.2. The van der Waals surface area contributed by atoms with Crippen LogP contribution in [0.5, 0.6) is 0 Å². The molecule has 0 saturated heterocycles. The lowest BCUT2D eigenvalue weighted by molar-refractivity contribution is 0.101. The lowest BCUT2D eigenvalue weighted by Crippen LogP contribution is -2.09. The molecule has 4 aromatic rings. The monoisotopic (exact) mass is 433 g/mol. The number of unbranched alkanes of at least 4 members (excludes halogenated alkanes) is 1. The highest BCUT2D eigenvalue weighted by Crippen LogP contribution is 2.26. The maximum Gasteiger partial charge on any atom is 0.160 e. The Kier molecular flexibility index (Phi) is 8.07. The van der Waals surface area contributed by atoms with E-state index in [1.807, 2.05) is 18.2 Å². The van der Waals surface area contributed by atoms with Gasteiger partial charge in [0.25, 0.3) is 0 Å². The summed E-state index contributed by atoms with van der Waals surface area (Å²) in [5, 5.41) is 16.4. The van der Waals surface area contributed by atoms with E-state index in [-0.39, 0.29) is 5.78 Å². The van der Waals surface area contributed by atoms with Crippen molar-refractivity contribution in [2.24, 2.45) is 0 Å². The number of Topliss-reactive ketones (excluding diaryl/α,β-unsaturated/α-hetero) is 1. The Morgan fingerprint density at radius 2 is 1.79 bits per heavy atom. The average molecular weight is 433 g/mol. The molecule has 2 aromatic heterocycles. The third-order valence-corrected chi connectivity index (χ3v) is 5.36. The van der Waals surface area contributed by atoms with Gasteiger partial charge in [0.1, 0.15) is 7.85 Å². The number of carbonyl (C=O) groups excluding carboxylic acids is 1. The fourth-order valence-corrected chi connectivity index (χ4v) is 3.71. The van der Waals surface area contributed by atoms with Crippen molar-refractivity contribution in [1.82, 2.24) is 9.97 Å². The third kappa shape index (κ3) is 5.52. The molecular formula is C27H24BN3O2. The van der Waals surface area contributed by atoms with E-state index >= 15 is 0 Å². The van der Waals surface area contributed by atoms with Crippen molar-refractivity contribution in [2.45, 2.75) is 26.2 Å². The number of nitriles is 1. The number of pyridine rings is 2. The lowest BCUT2D eigenvalue weighted by Gasteiger charge is -2.12. The van der Waals surface area contributed by atoms with E-state index in [0.29, 0.717) is 28.7 Å². The number of aromatic nitrogens is 2. The Morgan fingerprint density at radius 1 is 1.06 bits per heavy atom. The van der Waals surface area contributed by atoms with E-state index in [1.54, 1.807) is 31.5 Å². The molecule has 0 aliphatic heterocycles. The molecule has 0 aliphatic rings. The van der Waals surface area contributed by atoms with Gasteiger partial charge in [-0.1, -0.05) is 47.9 Å². The summed E-state index contributed by atoms with van der Waals surface area (Å²) in [6, 6.07) is 20.0. The van der Waals surface area contributed by atoms with Crippen LogP contribution in [0.4, 0.5) is 0 Å². The molecule has 0 saturated carbocycles. The van der Waals surface area contributed by atoms with Crippen LogP contribution in [0.1, 0.15) is 35.7 Å². The molecule has 0 unspecified atom stereocenters. The van der Waals surface area contributed by atoms with Gasteiger partial charge in [0.2, 0.25) is 0 Å². The molecule has 162 valence electrons. The van der Waals surface area contributed by atoms with E-state index < -0.39 is 0 Å². The van der Waals surface area contributed by atoms with Crippen molar-refractivity contribution in [3.63, 3.8) is 0 Å². The summed E-state index contributed by atoms with van der Waals surface area (Å²) < 4.78 is 0. The van der Waals surface area contributed by atoms with Crippen LogP contribution in [0.3, 0.4) is 0 Å². The number of aliphatic hydroxyl groups is 1. The highest BCUT2D eigenvalue weighted by molar-refractivity contribution is 6.36. The molecule has 4 rings (SSSR count). The minimum absolute atomic E-state index is 0.0355. The van der Waals surface area contributed by atoms with Gasteiger partial charge < -0.3 is 5.11 Å². The van der Waals surface area contributed by atoms with E-state index in [4.69, 9.17) is 23.2 Å². The standard InChI is InChI=1S/C26H20BN3O.CH4O/c1-17(31)22-15-26(30-25-11-13-29-16-23(22)25)21-10-9-20(14-24(21)27)19-7-5-18(6-8-19)4-2-3-12-28;1-2/h5-11,13-16H,2-4H2,1H3;2H,1H3. The second-order valence-corrected chi connectivity index (χ2v) is 7.51. The van der Waals surface area contributed by atoms with Crippen molar-refractivity contribution >= 4 is 30.0 Å². The van der Waals surface area contributed by atoms with Crippen LogP contribution in [-0.4, -0.2) is 35.8 Å². The third-order valence-electron chi connectivity index (χ3n) is 5.36. The zero-order valence-corrected chi connectivity index (χ0v) is 18.7. The summed E-state index contributed by atoms with van der Waals surface area (Å²) >= 11 is 0. The van der Waals surface area contributed by atoms with Crippen LogP contribution < -0.4 is 5.46 Å². The molecule has 2 aromatic carbocycles. The second kappa shape index (κ2) is 11.2. The number of hydrogen-bond acceptors (Lipinski definition) is 5. The van der Waals surface area contributed by atoms with Gasteiger partial charge in [0.15, 0.2) is 5.78 Å². The molecule has 0 bridgehead atoms. The first kappa shape index (κ1) is 23.8. The molecule has 0 amide bonds. The molecule has 2 heterocycles. The summed E-state index contributed by atoms with van der Waals surface area (Å²) in [6.45, 7) is 1.54. The molecular weight excluding hydrogens is 409 g/mol. The zero-order chi connectivity index (χ0) is 23.8. The molecule has 5 nitrogen and oxygen atoms in total. The largest absolute Gasteiger partial charge is 0.400 e. The van der Waals surface area contributed by atoms with Crippen LogP contribution in [0.2, 0.25) is 0 Å². The Labute approximate surface area is 195 Å². The number of aryl methyl sites for hydroxylation is 1. The van der Waals surface area contributed by atoms with Crippen molar-refractivity contribution in [1.29, 1.82) is 5.26 Å². The Hall–Kier alpha value is -3.82. The topological polar surface area (TPSA) is 86.9 Å². The Balaban J connectivity index is 0.00000149. The van der Waals surface area contributed by atoms with Crippen molar-refractivity contribution < 1.29 is 9.90 Å². The minimum Gasteiger partial charge on any atom is -0.400 e. The van der Waals surface area contributed by atoms with Gasteiger partial charge in [-0.15, -0.1) is 0 Å². The second-order valence-electron chi connectivity index (χ2n) is 7.51. The fraction of sp³-hybridized carbons (Fsp3) is 0.185. The molecule has 0 fully saturated rings. The first-order valence-electron chi connectivity index (χ1n) is 10.6. The number of ketones is 1. The molecule has 33 heavy (non-hydrogen) atoms. The summed E-state index contributed by atoms with van der Waals surface area (Å²) in [6.07, 6.45) is 5.67. The molecule has 0 atom stereocenters. The lowest BCUT2D eigenvalue weighted by atomic mass is 9.85. The number of rotatable bonds is 6. The SMILES string of the molecule is CO.[B]c1cc(-c2ccc(CCCC#N)cc2)ccc1-c1cc(C(C)=O)c2cnccc2n1. The number of benzene rings is 2. The summed E-state index contributed by atoms with van der Waals surface area (Å²) in [4.78, 5) is 21.0. The van der Waals surface area contributed by atoms with Crippen molar-refractivity contribution in [2.75, 3.05) is 7.11 Å². The van der Waals surface area contributed by atoms with Crippen LogP contribution in [-0.2, 0) is 6.42 Å². The average Bonchev–Trinajstić information content (AvgIpc) is 2.85. The smallest absolute Gasteiger partial charge is 0.160 e. The van der Waals surface area contributed by atoms with Gasteiger partial charge in [0.05, 0.1) is 17.3 Å². The van der Waals surface area contributed by atoms with Crippen LogP contribution in [0, 0.1) is 11.3 Å². The summed E-state index contributed by atoms with van der Waals surface area (Å²) in [5.74, 6) is -0.0355. The van der Waals surface area contributed by atoms with Gasteiger partial charge in [-0.3, -0.25) is 9.78 Å². The van der Waals surface area contributed by atoms with Gasteiger partial charge in [-0.05, 0) is 54.2 Å². The minimum atomic E-state index is -0.0355. The van der Waals surface area contributed by atoms with Gasteiger partial charge >= 0.3 is 0 Å². The number of aliphatic hydroxyl groups excluding tert-OH is 1. The Bertz CT molecular complexity index is 1310. The zero-order valence-electron chi connectivity index (χ0n) is 18.7. The first-order valence-corrected chi connectivity index (χ1v) is 10.6. The predicted molar refractivity (Wildman–Crippen MR) is 132 cm³/mol. The normalized spacial score (nSPS) is 10.2. The van der Waals surface area contributed by atoms with E-state index in [0.717, 1.165) is 42.0 Å². The van der Waals surface area contributed by atoms with E-state index in [2.05, 4.69) is 35.3 Å². The van der Waals surface area contributed by atoms with E-state index in [1.165, 1.54) is 5.56 Å². The Morgan fingerprint density at radius 3 is 2.45 bits per heavy atom. The number of nitrogens with zero attached hydrogens (tertiary/aromatic N) is 3. The summed E-state index contributed by atoms with van der Waals surface area (Å²) in [7, 11) is 7.40. The maximum atomic E-state index is 12.2. The highest BCUT2D eigenvalue weighted by atomic mass is 16.2. The highest BCUT2D eigenvalue weighted by Gasteiger charge is 2.13. The van der Waals surface area contributed by atoms with Gasteiger partial charge in [-0.2, -0.15) is 5.26 Å². The van der Waals surface area contributed by atoms with Crippen molar-refractivity contribution in [3.05, 3.63) is 78.1 Å². The van der Waals surface area contributed by atoms with E-state index in [9.17, 15) is 4.79 Å². The number of carbonyl (C=O) groups is 1. The predicted octanol–water partition coefficient (Wildman–Crippen LogP) is 4.41. The van der Waals surface area contributed by atoms with Crippen LogP contribution in [0.25, 0.3) is 33.3 Å². The van der Waals surface area contributed by atoms with Crippen molar-refractivity contribution in [3.8, 4) is 28.5 Å². The fourth-order valence-electron chi connectivity index (χ4n) is 3.71. The molecule has 6 heteroatoms. The van der Waals surface area contributed by atoms with Gasteiger partial charge in [0, 0.05) is 36.9 Å². The van der Waals surface area contributed by atoms with Crippen LogP contribution in [0.15, 0.2) is 67.0 Å².